The molecule has 0 N–H and O–H groups in total. The number of rotatable bonds is 6. The minimum Gasteiger partial charge on any atom is -0.461 e. The second-order valence-electron chi connectivity index (χ2n) is 6.83. The van der Waals surface area contributed by atoms with Crippen LogP contribution in [0.1, 0.15) is 61.3 Å². The molecule has 0 bridgehead atoms. The number of alkyl halides is 2. The highest BCUT2D eigenvalue weighted by Crippen LogP contribution is 2.38. The lowest BCUT2D eigenvalue weighted by Gasteiger charge is -2.23. The van der Waals surface area contributed by atoms with Gasteiger partial charge in [-0.1, -0.05) is 12.7 Å². The van der Waals surface area contributed by atoms with E-state index in [1.807, 2.05) is 20.8 Å². The van der Waals surface area contributed by atoms with Crippen LogP contribution in [0.5, 0.6) is 11.6 Å². The van der Waals surface area contributed by atoms with Crippen LogP contribution in [0.2, 0.25) is 0 Å². The van der Waals surface area contributed by atoms with Crippen molar-refractivity contribution in [3.8, 4) is 11.6 Å². The molecule has 27 heavy (non-hydrogen) atoms. The molecule has 2 aromatic rings. The number of aromatic nitrogens is 3. The summed E-state index contributed by atoms with van der Waals surface area (Å²) in [6.07, 6.45) is 1.00. The summed E-state index contributed by atoms with van der Waals surface area (Å²) in [5.74, 6) is -0.545. The summed E-state index contributed by atoms with van der Waals surface area (Å²) < 4.78 is 39.5. The van der Waals surface area contributed by atoms with Gasteiger partial charge in [0.2, 0.25) is 5.88 Å². The highest BCUT2D eigenvalue weighted by atomic mass is 19.3. The zero-order valence-corrected chi connectivity index (χ0v) is 16.0. The molecule has 6 nitrogen and oxygen atoms in total. The van der Waals surface area contributed by atoms with Crippen molar-refractivity contribution in [2.24, 2.45) is 0 Å². The topological polar surface area (TPSA) is 66.2 Å². The minimum atomic E-state index is -2.79. The quantitative estimate of drug-likeness (QED) is 0.669. The summed E-state index contributed by atoms with van der Waals surface area (Å²) in [4.78, 5) is 16.1. The van der Waals surface area contributed by atoms with Crippen LogP contribution < -0.4 is 4.74 Å². The van der Waals surface area contributed by atoms with E-state index in [1.54, 1.807) is 13.8 Å². The van der Waals surface area contributed by atoms with Gasteiger partial charge in [-0.25, -0.2) is 18.3 Å². The summed E-state index contributed by atoms with van der Waals surface area (Å²) >= 11 is 0. The third-order valence-electron chi connectivity index (χ3n) is 3.80. The first-order valence-corrected chi connectivity index (χ1v) is 8.45. The van der Waals surface area contributed by atoms with E-state index in [4.69, 9.17) is 9.47 Å². The van der Waals surface area contributed by atoms with Crippen molar-refractivity contribution in [3.63, 3.8) is 0 Å². The maximum Gasteiger partial charge on any atom is 0.359 e. The van der Waals surface area contributed by atoms with E-state index in [1.165, 1.54) is 23.2 Å². The smallest absolute Gasteiger partial charge is 0.359 e. The molecule has 0 aliphatic rings. The molecule has 0 amide bonds. The fourth-order valence-electron chi connectivity index (χ4n) is 2.50. The number of halogens is 2. The fourth-order valence-corrected chi connectivity index (χ4v) is 2.50. The normalized spacial score (nSPS) is 11.6. The van der Waals surface area contributed by atoms with Crippen molar-refractivity contribution in [1.29, 1.82) is 0 Å². The van der Waals surface area contributed by atoms with Crippen molar-refractivity contribution in [1.82, 2.24) is 14.8 Å². The Kier molecular flexibility index (Phi) is 5.98. The van der Waals surface area contributed by atoms with Gasteiger partial charge in [0, 0.05) is 17.3 Å². The Morgan fingerprint density at radius 3 is 2.56 bits per heavy atom. The lowest BCUT2D eigenvalue weighted by atomic mass is 10.1. The second kappa shape index (κ2) is 7.85. The number of esters is 1. The van der Waals surface area contributed by atoms with Gasteiger partial charge in [-0.05, 0) is 34.6 Å². The first kappa shape index (κ1) is 20.5. The summed E-state index contributed by atoms with van der Waals surface area (Å²) in [6.45, 7) is 12.6. The van der Waals surface area contributed by atoms with Crippen LogP contribution in [0.3, 0.4) is 0 Å². The summed E-state index contributed by atoms with van der Waals surface area (Å²) in [5, 5.41) is 4.30. The van der Waals surface area contributed by atoms with E-state index in [0.717, 1.165) is 0 Å². The molecule has 0 saturated heterocycles. The minimum absolute atomic E-state index is 0.0770. The third-order valence-corrected chi connectivity index (χ3v) is 3.80. The predicted molar refractivity (Wildman–Crippen MR) is 97.3 cm³/mol. The van der Waals surface area contributed by atoms with Gasteiger partial charge >= 0.3 is 5.97 Å². The fraction of sp³-hybridized carbons (Fsp3) is 0.421. The molecule has 0 spiro atoms. The van der Waals surface area contributed by atoms with E-state index >= 15 is 0 Å². The van der Waals surface area contributed by atoms with Gasteiger partial charge in [0.25, 0.3) is 6.43 Å². The molecular formula is C19H23F2N3O3. The molecule has 0 unspecified atom stereocenters. The number of carbonyl (C=O) groups is 1. The van der Waals surface area contributed by atoms with Gasteiger partial charge in [-0.3, -0.25) is 4.98 Å². The molecule has 0 saturated carbocycles. The van der Waals surface area contributed by atoms with Gasteiger partial charge in [0.1, 0.15) is 0 Å². The molecule has 146 valence electrons. The van der Waals surface area contributed by atoms with Crippen LogP contribution in [0.4, 0.5) is 8.78 Å². The Balaban J connectivity index is 2.63. The van der Waals surface area contributed by atoms with Gasteiger partial charge in [-0.15, -0.1) is 0 Å². The lowest BCUT2D eigenvalue weighted by molar-refractivity contribution is 0.0517. The van der Waals surface area contributed by atoms with Gasteiger partial charge in [-0.2, -0.15) is 5.10 Å². The number of ether oxygens (including phenoxy) is 2. The molecule has 0 aliphatic carbocycles. The number of pyridine rings is 1. The van der Waals surface area contributed by atoms with Crippen molar-refractivity contribution < 1.29 is 23.0 Å². The maximum atomic E-state index is 13.6. The zero-order chi connectivity index (χ0) is 20.4. The summed E-state index contributed by atoms with van der Waals surface area (Å²) in [7, 11) is 0. The van der Waals surface area contributed by atoms with Crippen molar-refractivity contribution in [2.75, 3.05) is 6.61 Å². The van der Waals surface area contributed by atoms with E-state index in [-0.39, 0.29) is 35.1 Å². The molecule has 0 fully saturated rings. The van der Waals surface area contributed by atoms with E-state index < -0.39 is 17.9 Å². The first-order chi connectivity index (χ1) is 12.6. The molecule has 0 aromatic carbocycles. The Hall–Kier alpha value is -2.77. The molecule has 0 atom stereocenters. The Morgan fingerprint density at radius 2 is 2.04 bits per heavy atom. The number of carbonyl (C=O) groups excluding carboxylic acids is 1. The number of hydrogen-bond acceptors (Lipinski definition) is 5. The Morgan fingerprint density at radius 1 is 1.37 bits per heavy atom. The average Bonchev–Trinajstić information content (AvgIpc) is 2.91. The van der Waals surface area contributed by atoms with Crippen molar-refractivity contribution >= 4 is 12.0 Å². The van der Waals surface area contributed by atoms with Gasteiger partial charge < -0.3 is 9.47 Å². The zero-order valence-electron chi connectivity index (χ0n) is 16.0. The van der Waals surface area contributed by atoms with E-state index in [2.05, 4.69) is 16.7 Å². The summed E-state index contributed by atoms with van der Waals surface area (Å²) in [5.41, 5.74) is -0.244. The van der Waals surface area contributed by atoms with Gasteiger partial charge in [0.15, 0.2) is 11.4 Å². The largest absolute Gasteiger partial charge is 0.461 e. The maximum absolute atomic E-state index is 13.6. The Bertz CT molecular complexity index is 855. The standard InChI is InChI=1S/C19H23F2N3O3/c1-7-12-9-22-10-13(14(12)16(20)21)27-17-11(3)15(18(25)26-8-2)23-24(17)19(4,5)6/h7,9-10,16H,1,8H2,2-6H3. The van der Waals surface area contributed by atoms with Crippen LogP contribution in [-0.2, 0) is 10.3 Å². The monoisotopic (exact) mass is 379 g/mol. The first-order valence-electron chi connectivity index (χ1n) is 8.45. The van der Waals surface area contributed by atoms with Crippen molar-refractivity contribution in [3.05, 3.63) is 41.4 Å². The van der Waals surface area contributed by atoms with Crippen LogP contribution >= 0.6 is 0 Å². The Labute approximate surface area is 156 Å². The highest BCUT2D eigenvalue weighted by Gasteiger charge is 2.29. The SMILES string of the molecule is C=Cc1cncc(Oc2c(C)c(C(=O)OCC)nn2C(C)(C)C)c1C(F)F. The van der Waals surface area contributed by atoms with E-state index in [0.29, 0.717) is 5.56 Å². The van der Waals surface area contributed by atoms with Crippen LogP contribution in [0.15, 0.2) is 19.0 Å². The van der Waals surface area contributed by atoms with Crippen LogP contribution in [0, 0.1) is 6.92 Å². The predicted octanol–water partition coefficient (Wildman–Crippen LogP) is 4.89. The molecule has 8 heteroatoms. The molecule has 2 aromatic heterocycles. The van der Waals surface area contributed by atoms with E-state index in [9.17, 15) is 13.6 Å². The van der Waals surface area contributed by atoms with Crippen LogP contribution in [-0.4, -0.2) is 27.3 Å². The number of nitrogens with zero attached hydrogens (tertiary/aromatic N) is 3. The number of hydrogen-bond donors (Lipinski definition) is 0. The van der Waals surface area contributed by atoms with Gasteiger partial charge in [0.05, 0.1) is 23.9 Å². The third kappa shape index (κ3) is 4.15. The average molecular weight is 379 g/mol. The molecule has 2 heterocycles. The van der Waals surface area contributed by atoms with Crippen molar-refractivity contribution in [2.45, 2.75) is 46.6 Å². The lowest BCUT2D eigenvalue weighted by Crippen LogP contribution is -2.24. The molecular weight excluding hydrogens is 356 g/mol. The molecule has 0 radical (unpaired) electrons. The molecule has 2 rings (SSSR count). The summed E-state index contributed by atoms with van der Waals surface area (Å²) in [6, 6.07) is 0. The highest BCUT2D eigenvalue weighted by molar-refractivity contribution is 5.89. The second-order valence-corrected chi connectivity index (χ2v) is 6.83. The van der Waals surface area contributed by atoms with Crippen LogP contribution in [0.25, 0.3) is 6.08 Å². The molecule has 0 aliphatic heterocycles.